The molecule has 0 spiro atoms. The molecule has 0 bridgehead atoms. The van der Waals surface area contributed by atoms with Crippen molar-refractivity contribution in [3.8, 4) is 0 Å². The molecule has 3 rings (SSSR count). The van der Waals surface area contributed by atoms with Crippen LogP contribution in [0, 0.1) is 11.8 Å². The fraction of sp³-hybridized carbons (Fsp3) is 0.667. The SMILES string of the molecule is CC(C)c1nnc(NC(=O)C2CCC(C(=O)Nc3nnc(C(C)C)s3)CC2)s1. The topological polar surface area (TPSA) is 110 Å². The van der Waals surface area contributed by atoms with Crippen LogP contribution in [-0.2, 0) is 9.59 Å². The Morgan fingerprint density at radius 1 is 0.750 bits per heavy atom. The van der Waals surface area contributed by atoms with E-state index in [-0.39, 0.29) is 23.7 Å². The molecular weight excluding hydrogens is 396 g/mol. The van der Waals surface area contributed by atoms with Crippen LogP contribution in [0.1, 0.15) is 75.2 Å². The first-order chi connectivity index (χ1) is 13.3. The third kappa shape index (κ3) is 5.11. The highest BCUT2D eigenvalue weighted by molar-refractivity contribution is 7.15. The highest BCUT2D eigenvalue weighted by atomic mass is 32.1. The van der Waals surface area contributed by atoms with Crippen LogP contribution in [0.25, 0.3) is 0 Å². The van der Waals surface area contributed by atoms with Crippen molar-refractivity contribution in [1.82, 2.24) is 20.4 Å². The molecule has 1 aliphatic carbocycles. The van der Waals surface area contributed by atoms with Gasteiger partial charge in [0.15, 0.2) is 0 Å². The Kier molecular flexibility index (Phi) is 6.71. The number of hydrogen-bond donors (Lipinski definition) is 2. The number of amides is 2. The number of hydrogen-bond acceptors (Lipinski definition) is 8. The molecule has 28 heavy (non-hydrogen) atoms. The first-order valence-electron chi connectivity index (χ1n) is 9.62. The van der Waals surface area contributed by atoms with Crippen molar-refractivity contribution < 1.29 is 9.59 Å². The van der Waals surface area contributed by atoms with Crippen molar-refractivity contribution in [1.29, 1.82) is 0 Å². The lowest BCUT2D eigenvalue weighted by molar-refractivity contribution is -0.125. The lowest BCUT2D eigenvalue weighted by Gasteiger charge is -2.26. The van der Waals surface area contributed by atoms with Crippen LogP contribution in [0.2, 0.25) is 0 Å². The third-order valence-corrected chi connectivity index (χ3v) is 7.08. The number of nitrogens with one attached hydrogen (secondary N) is 2. The molecule has 152 valence electrons. The van der Waals surface area contributed by atoms with Crippen LogP contribution in [0.4, 0.5) is 10.3 Å². The van der Waals surface area contributed by atoms with Gasteiger partial charge in [0.2, 0.25) is 22.1 Å². The zero-order valence-corrected chi connectivity index (χ0v) is 18.2. The molecule has 1 aliphatic rings. The van der Waals surface area contributed by atoms with Gasteiger partial charge in [-0.25, -0.2) is 0 Å². The Morgan fingerprint density at radius 3 is 1.39 bits per heavy atom. The number of nitrogens with zero attached hydrogens (tertiary/aromatic N) is 4. The summed E-state index contributed by atoms with van der Waals surface area (Å²) in [7, 11) is 0. The highest BCUT2D eigenvalue weighted by Crippen LogP contribution is 2.32. The largest absolute Gasteiger partial charge is 0.300 e. The number of carbonyl (C=O) groups is 2. The summed E-state index contributed by atoms with van der Waals surface area (Å²) in [5, 5.41) is 24.9. The molecule has 0 radical (unpaired) electrons. The standard InChI is InChI=1S/C18H26N6O2S2/c1-9(2)15-21-23-17(27-15)19-13(25)11-5-7-12(8-6-11)14(26)20-18-24-22-16(28-18)10(3)4/h9-12H,5-8H2,1-4H3,(H,19,23,25)(H,20,24,26). The van der Waals surface area contributed by atoms with Crippen LogP contribution >= 0.6 is 22.7 Å². The van der Waals surface area contributed by atoms with E-state index in [1.807, 2.05) is 27.7 Å². The van der Waals surface area contributed by atoms with Gasteiger partial charge in [-0.2, -0.15) is 0 Å². The monoisotopic (exact) mass is 422 g/mol. The molecule has 1 saturated carbocycles. The minimum atomic E-state index is -0.0930. The molecule has 10 heteroatoms. The second-order valence-corrected chi connectivity index (χ2v) is 9.75. The molecule has 0 unspecified atom stereocenters. The van der Waals surface area contributed by atoms with E-state index in [0.717, 1.165) is 10.0 Å². The quantitative estimate of drug-likeness (QED) is 0.727. The first-order valence-corrected chi connectivity index (χ1v) is 11.2. The molecule has 2 amide bonds. The Bertz CT molecular complexity index is 755. The highest BCUT2D eigenvalue weighted by Gasteiger charge is 2.31. The summed E-state index contributed by atoms with van der Waals surface area (Å²) in [6.45, 7) is 8.18. The van der Waals surface area contributed by atoms with E-state index in [9.17, 15) is 9.59 Å². The maximum Gasteiger partial charge on any atom is 0.229 e. The lowest BCUT2D eigenvalue weighted by Crippen LogP contribution is -2.32. The molecule has 8 nitrogen and oxygen atoms in total. The maximum atomic E-state index is 12.5. The maximum absolute atomic E-state index is 12.5. The number of aromatic nitrogens is 4. The van der Waals surface area contributed by atoms with Gasteiger partial charge >= 0.3 is 0 Å². The van der Waals surface area contributed by atoms with E-state index in [2.05, 4.69) is 31.0 Å². The molecule has 0 aromatic carbocycles. The van der Waals surface area contributed by atoms with Crippen LogP contribution in [0.3, 0.4) is 0 Å². The predicted molar refractivity (Wildman–Crippen MR) is 111 cm³/mol. The van der Waals surface area contributed by atoms with Gasteiger partial charge in [0.05, 0.1) is 0 Å². The number of rotatable bonds is 6. The zero-order valence-electron chi connectivity index (χ0n) is 16.6. The fourth-order valence-electron chi connectivity index (χ4n) is 3.07. The number of anilines is 2. The van der Waals surface area contributed by atoms with Gasteiger partial charge in [0.1, 0.15) is 10.0 Å². The molecule has 2 heterocycles. The predicted octanol–water partition coefficient (Wildman–Crippen LogP) is 4.02. The van der Waals surface area contributed by atoms with E-state index in [1.165, 1.54) is 22.7 Å². The molecule has 0 atom stereocenters. The van der Waals surface area contributed by atoms with Crippen molar-refractivity contribution in [3.63, 3.8) is 0 Å². The van der Waals surface area contributed by atoms with Gasteiger partial charge in [-0.1, -0.05) is 50.4 Å². The average molecular weight is 423 g/mol. The second-order valence-electron chi connectivity index (χ2n) is 7.73. The minimum absolute atomic E-state index is 0.0315. The van der Waals surface area contributed by atoms with Gasteiger partial charge in [-0.3, -0.25) is 9.59 Å². The summed E-state index contributed by atoms with van der Waals surface area (Å²) in [6.07, 6.45) is 2.75. The van der Waals surface area contributed by atoms with Crippen LogP contribution in [-0.4, -0.2) is 32.2 Å². The zero-order chi connectivity index (χ0) is 20.3. The van der Waals surface area contributed by atoms with Gasteiger partial charge in [0, 0.05) is 23.7 Å². The van der Waals surface area contributed by atoms with E-state index in [4.69, 9.17) is 0 Å². The Hall–Kier alpha value is -1.94. The summed E-state index contributed by atoms with van der Waals surface area (Å²) in [6, 6.07) is 0. The Balaban J connectivity index is 1.47. The van der Waals surface area contributed by atoms with Crippen LogP contribution < -0.4 is 10.6 Å². The second kappa shape index (κ2) is 9.04. The molecule has 2 aromatic heterocycles. The lowest BCUT2D eigenvalue weighted by atomic mass is 9.81. The van der Waals surface area contributed by atoms with Gasteiger partial charge in [0.25, 0.3) is 0 Å². The fourth-order valence-corrected chi connectivity index (χ4v) is 4.57. The van der Waals surface area contributed by atoms with Crippen molar-refractivity contribution in [2.45, 2.75) is 65.2 Å². The van der Waals surface area contributed by atoms with E-state index in [1.54, 1.807) is 0 Å². The third-order valence-electron chi connectivity index (χ3n) is 4.80. The van der Waals surface area contributed by atoms with Gasteiger partial charge < -0.3 is 10.6 Å². The summed E-state index contributed by atoms with van der Waals surface area (Å²) >= 11 is 2.83. The molecule has 0 aliphatic heterocycles. The van der Waals surface area contributed by atoms with Crippen molar-refractivity contribution >= 4 is 44.8 Å². The summed E-state index contributed by atoms with van der Waals surface area (Å²) in [5.74, 6) is 0.338. The van der Waals surface area contributed by atoms with Crippen molar-refractivity contribution in [2.24, 2.45) is 11.8 Å². The van der Waals surface area contributed by atoms with E-state index >= 15 is 0 Å². The summed E-state index contributed by atoms with van der Waals surface area (Å²) in [5.41, 5.74) is 0. The molecule has 2 aromatic rings. The normalized spacial score (nSPS) is 19.8. The van der Waals surface area contributed by atoms with Gasteiger partial charge in [-0.15, -0.1) is 20.4 Å². The molecular formula is C18H26N6O2S2. The Labute approximate surface area is 172 Å². The number of carbonyl (C=O) groups excluding carboxylic acids is 2. The minimum Gasteiger partial charge on any atom is -0.300 e. The molecule has 1 fully saturated rings. The molecule has 2 N–H and O–H groups in total. The Morgan fingerprint density at radius 2 is 1.11 bits per heavy atom. The average Bonchev–Trinajstić information content (AvgIpc) is 3.31. The smallest absolute Gasteiger partial charge is 0.229 e. The van der Waals surface area contributed by atoms with Crippen LogP contribution in [0.5, 0.6) is 0 Å². The summed E-state index contributed by atoms with van der Waals surface area (Å²) in [4.78, 5) is 25.0. The molecule has 0 saturated heterocycles. The summed E-state index contributed by atoms with van der Waals surface area (Å²) < 4.78 is 0. The van der Waals surface area contributed by atoms with Crippen molar-refractivity contribution in [2.75, 3.05) is 10.6 Å². The van der Waals surface area contributed by atoms with Crippen molar-refractivity contribution in [3.05, 3.63) is 10.0 Å². The van der Waals surface area contributed by atoms with Gasteiger partial charge in [-0.05, 0) is 25.7 Å². The van der Waals surface area contributed by atoms with E-state index < -0.39 is 0 Å². The first kappa shape index (κ1) is 20.8. The van der Waals surface area contributed by atoms with Crippen LogP contribution in [0.15, 0.2) is 0 Å². The van der Waals surface area contributed by atoms with E-state index in [0.29, 0.717) is 47.8 Å².